The van der Waals surface area contributed by atoms with Crippen LogP contribution in [-0.4, -0.2) is 106 Å². The number of hydrogen-bond acceptors (Lipinski definition) is 10. The highest BCUT2D eigenvalue weighted by Crippen LogP contribution is 2.47. The molecule has 6 atom stereocenters. The molecule has 1 saturated heterocycles. The van der Waals surface area contributed by atoms with Gasteiger partial charge in [-0.05, 0) is 92.5 Å². The molecule has 5 aliphatic rings. The molecule has 1 N–H and O–H groups in total. The number of carbonyl (C=O) groups is 1. The van der Waals surface area contributed by atoms with Crippen LogP contribution in [0.5, 0.6) is 5.75 Å². The van der Waals surface area contributed by atoms with E-state index in [2.05, 4.69) is 71.2 Å². The lowest BCUT2D eigenvalue weighted by Gasteiger charge is -2.46. The van der Waals surface area contributed by atoms with Crippen LogP contribution >= 0.6 is 0 Å². The molecule has 2 bridgehead atoms. The van der Waals surface area contributed by atoms with E-state index >= 15 is 4.21 Å². The predicted molar refractivity (Wildman–Crippen MR) is 226 cm³/mol. The minimum atomic E-state index is -3.38. The van der Waals surface area contributed by atoms with Crippen LogP contribution < -0.4 is 14.4 Å². The second-order valence-corrected chi connectivity index (χ2v) is 19.3. The number of ether oxygens (including phenoxy) is 3. The van der Waals surface area contributed by atoms with Crippen LogP contribution in [0.4, 0.5) is 11.5 Å². The van der Waals surface area contributed by atoms with Crippen LogP contribution in [0.25, 0.3) is 11.0 Å². The molecule has 1 saturated carbocycles. The molecule has 1 spiro atoms. The zero-order valence-corrected chi connectivity index (χ0v) is 34.8. The second-order valence-electron chi connectivity index (χ2n) is 17.3. The third-order valence-electron chi connectivity index (χ3n) is 12.9. The summed E-state index contributed by atoms with van der Waals surface area (Å²) in [5.74, 6) is 1.35. The van der Waals surface area contributed by atoms with Gasteiger partial charge in [0.2, 0.25) is 0 Å². The molecule has 58 heavy (non-hydrogen) atoms. The molecule has 13 nitrogen and oxygen atoms in total. The number of amides is 1. The van der Waals surface area contributed by atoms with E-state index in [1.54, 1.807) is 24.0 Å². The Morgan fingerprint density at radius 3 is 2.83 bits per heavy atom. The largest absolute Gasteiger partial charge is 0.490 e. The van der Waals surface area contributed by atoms with Gasteiger partial charge < -0.3 is 19.1 Å². The normalized spacial score (nSPS) is 29.7. The number of fused-ring (bicyclic) bond motifs is 5. The van der Waals surface area contributed by atoms with E-state index in [4.69, 9.17) is 14.2 Å². The average Bonchev–Trinajstić information content (AvgIpc) is 3.52. The predicted octanol–water partition coefficient (Wildman–Crippen LogP) is 6.12. The number of hydrogen-bond donors (Lipinski definition) is 1. The van der Waals surface area contributed by atoms with E-state index in [1.165, 1.54) is 23.0 Å². The van der Waals surface area contributed by atoms with Crippen LogP contribution in [0.1, 0.15) is 66.1 Å². The van der Waals surface area contributed by atoms with E-state index < -0.39 is 15.8 Å². The Morgan fingerprint density at radius 2 is 1.98 bits per heavy atom. The third-order valence-corrected chi connectivity index (χ3v) is 14.9. The first-order valence-electron chi connectivity index (χ1n) is 21.1. The Bertz CT molecular complexity index is 2320. The number of rotatable bonds is 6. The van der Waals surface area contributed by atoms with E-state index in [0.717, 1.165) is 89.5 Å². The summed E-state index contributed by atoms with van der Waals surface area (Å²) < 4.78 is 43.5. The van der Waals surface area contributed by atoms with E-state index in [0.29, 0.717) is 53.9 Å². The first-order chi connectivity index (χ1) is 28.1. The van der Waals surface area contributed by atoms with Gasteiger partial charge in [-0.15, -0.1) is 4.36 Å². The fourth-order valence-corrected chi connectivity index (χ4v) is 11.7. The molecule has 2 aromatic heterocycles. The fourth-order valence-electron chi connectivity index (χ4n) is 9.78. The van der Waals surface area contributed by atoms with Gasteiger partial charge in [0.05, 0.1) is 49.4 Å². The fraction of sp³-hybridized carbons (Fsp3) is 0.545. The van der Waals surface area contributed by atoms with Gasteiger partial charge in [0.25, 0.3) is 5.91 Å². The van der Waals surface area contributed by atoms with Crippen molar-refractivity contribution in [3.05, 3.63) is 83.3 Å². The van der Waals surface area contributed by atoms with Crippen LogP contribution in [0.2, 0.25) is 0 Å². The Labute approximate surface area is 341 Å². The molecule has 1 amide bonds. The van der Waals surface area contributed by atoms with Gasteiger partial charge in [-0.25, -0.2) is 14.2 Å². The Balaban J connectivity index is 1.10. The van der Waals surface area contributed by atoms with Gasteiger partial charge in [0.15, 0.2) is 11.5 Å². The molecule has 14 heteroatoms. The zero-order valence-electron chi connectivity index (χ0n) is 34.0. The number of anilines is 2. The Hall–Kier alpha value is -4.37. The number of allylic oxidation sites excluding steroid dienone is 1. The summed E-state index contributed by atoms with van der Waals surface area (Å²) in [4.78, 5) is 27.9. The number of nitrogens with zero attached hydrogens (tertiary/aromatic N) is 7. The number of nitrogens with one attached hydrogen (secondary N) is 1. The van der Waals surface area contributed by atoms with Gasteiger partial charge in [-0.3, -0.25) is 19.1 Å². The number of aryl methyl sites for hydroxylation is 3. The zero-order chi connectivity index (χ0) is 39.9. The van der Waals surface area contributed by atoms with Crippen molar-refractivity contribution in [1.82, 2.24) is 24.6 Å². The van der Waals surface area contributed by atoms with Crippen molar-refractivity contribution < 1.29 is 23.2 Å². The minimum Gasteiger partial charge on any atom is -0.490 e. The summed E-state index contributed by atoms with van der Waals surface area (Å²) in [6.45, 7) is 11.3. The quantitative estimate of drug-likeness (QED) is 0.227. The first-order valence-corrected chi connectivity index (χ1v) is 22.7. The summed E-state index contributed by atoms with van der Waals surface area (Å²) >= 11 is 0. The van der Waals surface area contributed by atoms with E-state index in [-0.39, 0.29) is 23.2 Å². The molecule has 9 rings (SSSR count). The molecule has 2 fully saturated rings. The van der Waals surface area contributed by atoms with Crippen LogP contribution in [-0.2, 0) is 38.3 Å². The van der Waals surface area contributed by atoms with Crippen molar-refractivity contribution in [1.29, 1.82) is 0 Å². The lowest BCUT2D eigenvalue weighted by Crippen LogP contribution is -2.50. The van der Waals surface area contributed by atoms with Crippen molar-refractivity contribution in [3.63, 3.8) is 0 Å². The van der Waals surface area contributed by atoms with Crippen molar-refractivity contribution in [2.45, 2.75) is 63.9 Å². The van der Waals surface area contributed by atoms with Gasteiger partial charge in [-0.1, -0.05) is 42.8 Å². The standard InChI is InChI=1S/C44H56N8O5S/c1-30-9-13-37-32(22-30)7-5-15-44(37)27-52-24-34-10-12-35(34)39(56-21-18-51-16-19-55-20-17-51)8-4-6-31(2)26-58(54,48-42-36-25-50(3)47-41(36)45-29-46-42)49-43(53)33-11-14-40(57-28-44)38(52)23-33/h4,8-9,11,13-14,22-23,25,29,31,34-35,39H,5-7,10,12,15-21,24,26-28H2,1-3H3,(H,45,46,47,48,49,53,54)/b8-4+/t31-,34-,35+,39-,44-,58?/m0/s1. The molecular formula is C44H56N8O5S. The minimum absolute atomic E-state index is 0.0464. The number of benzene rings is 2. The highest BCUT2D eigenvalue weighted by atomic mass is 32.2. The molecule has 4 aromatic rings. The van der Waals surface area contributed by atoms with Gasteiger partial charge in [0, 0.05) is 56.9 Å². The average molecular weight is 809 g/mol. The van der Waals surface area contributed by atoms with Crippen molar-refractivity contribution >= 4 is 38.4 Å². The highest BCUT2D eigenvalue weighted by Gasteiger charge is 2.44. The second kappa shape index (κ2) is 16.4. The highest BCUT2D eigenvalue weighted by molar-refractivity contribution is 7.95. The smallest absolute Gasteiger partial charge is 0.286 e. The van der Waals surface area contributed by atoms with Crippen molar-refractivity contribution in [3.8, 4) is 5.75 Å². The van der Waals surface area contributed by atoms with Gasteiger partial charge >= 0.3 is 0 Å². The molecule has 0 radical (unpaired) electrons. The molecule has 3 aliphatic heterocycles. The number of morpholine rings is 1. The van der Waals surface area contributed by atoms with Crippen molar-refractivity contribution in [2.75, 3.05) is 74.5 Å². The maximum Gasteiger partial charge on any atom is 0.286 e. The topological polar surface area (TPSA) is 136 Å². The van der Waals surface area contributed by atoms with Gasteiger partial charge in [0.1, 0.15) is 22.0 Å². The summed E-state index contributed by atoms with van der Waals surface area (Å²) in [6, 6.07) is 12.5. The Morgan fingerprint density at radius 1 is 1.10 bits per heavy atom. The number of aromatic nitrogens is 4. The van der Waals surface area contributed by atoms with Crippen molar-refractivity contribution in [2.24, 2.45) is 29.2 Å². The molecular weight excluding hydrogens is 753 g/mol. The van der Waals surface area contributed by atoms with Crippen LogP contribution in [0, 0.1) is 24.7 Å². The SMILES string of the molecule is Cc1ccc2c(c1)CCC[C@]21COc2ccc3cc2N(C[C@@H]2CC[C@H]2[C@@H](OCCN2CCOCC2)/C=C/C[C@H](C)CS(=O)(Nc2ncnc4nn(C)cc24)=NC3=O)C1. The summed E-state index contributed by atoms with van der Waals surface area (Å²) in [6.07, 6.45) is 13.6. The van der Waals surface area contributed by atoms with Gasteiger partial charge in [-0.2, -0.15) is 5.10 Å². The monoisotopic (exact) mass is 808 g/mol. The molecule has 5 heterocycles. The third kappa shape index (κ3) is 8.12. The maximum atomic E-state index is 15.0. The molecule has 308 valence electrons. The van der Waals surface area contributed by atoms with Crippen LogP contribution in [0.3, 0.4) is 0 Å². The molecule has 2 aromatic carbocycles. The lowest BCUT2D eigenvalue weighted by atomic mass is 9.68. The van der Waals surface area contributed by atoms with E-state index in [9.17, 15) is 4.79 Å². The summed E-state index contributed by atoms with van der Waals surface area (Å²) in [5, 5.41) is 5.01. The lowest BCUT2D eigenvalue weighted by molar-refractivity contribution is -0.0315. The Kier molecular flexibility index (Phi) is 11.0. The number of carbonyl (C=O) groups excluding carboxylic acids is 1. The summed E-state index contributed by atoms with van der Waals surface area (Å²) in [5.41, 5.74) is 5.59. The maximum absolute atomic E-state index is 15.0. The van der Waals surface area contributed by atoms with Crippen LogP contribution in [0.15, 0.2) is 65.4 Å². The molecule has 2 aliphatic carbocycles. The first kappa shape index (κ1) is 39.1. The van der Waals surface area contributed by atoms with E-state index in [1.807, 2.05) is 19.1 Å². The summed E-state index contributed by atoms with van der Waals surface area (Å²) in [7, 11) is -1.58. The molecule has 1 unspecified atom stereocenters.